The van der Waals surface area contributed by atoms with Crippen molar-refractivity contribution in [2.75, 3.05) is 10.6 Å². The molecule has 0 aliphatic rings. The number of pyridine rings is 1. The molecule has 27 heavy (non-hydrogen) atoms. The van der Waals surface area contributed by atoms with E-state index in [0.29, 0.717) is 11.3 Å². The topological polar surface area (TPSA) is 71.1 Å². The first kappa shape index (κ1) is 18.3. The van der Waals surface area contributed by atoms with Crippen LogP contribution in [0.15, 0.2) is 72.9 Å². The van der Waals surface area contributed by atoms with Gasteiger partial charge in [-0.05, 0) is 41.8 Å². The number of amides is 2. The Bertz CT molecular complexity index is 953. The maximum absolute atomic E-state index is 12.7. The third kappa shape index (κ3) is 4.58. The summed E-state index contributed by atoms with van der Waals surface area (Å²) < 4.78 is 0. The standard InChI is InChI=1S/C22H21N3O2/c1-15(2)18-10-6-7-11-19(18)25-21(26)16-12-13-23-20(14-16)22(27)24-17-8-4-3-5-9-17/h3-15H,1-2H3,(H,24,27)(H,25,26). The van der Waals surface area contributed by atoms with E-state index in [2.05, 4.69) is 29.5 Å². The molecular weight excluding hydrogens is 338 g/mol. The van der Waals surface area contributed by atoms with E-state index in [1.807, 2.05) is 42.5 Å². The summed E-state index contributed by atoms with van der Waals surface area (Å²) in [6, 6.07) is 19.9. The van der Waals surface area contributed by atoms with Gasteiger partial charge >= 0.3 is 0 Å². The average Bonchev–Trinajstić information content (AvgIpc) is 2.69. The molecule has 0 radical (unpaired) electrons. The maximum atomic E-state index is 12.7. The zero-order valence-corrected chi connectivity index (χ0v) is 15.3. The molecule has 0 atom stereocenters. The Hall–Kier alpha value is -3.47. The molecule has 0 aliphatic carbocycles. The third-order valence-corrected chi connectivity index (χ3v) is 4.12. The Labute approximate surface area is 158 Å². The highest BCUT2D eigenvalue weighted by atomic mass is 16.2. The predicted molar refractivity (Wildman–Crippen MR) is 107 cm³/mol. The molecule has 0 saturated carbocycles. The Morgan fingerprint density at radius 3 is 2.30 bits per heavy atom. The van der Waals surface area contributed by atoms with Gasteiger partial charge in [-0.1, -0.05) is 50.2 Å². The molecule has 2 amide bonds. The number of carbonyl (C=O) groups excluding carboxylic acids is 2. The summed E-state index contributed by atoms with van der Waals surface area (Å²) in [5, 5.41) is 5.69. The quantitative estimate of drug-likeness (QED) is 0.693. The minimum Gasteiger partial charge on any atom is -0.322 e. The largest absolute Gasteiger partial charge is 0.322 e. The smallest absolute Gasteiger partial charge is 0.274 e. The number of carbonyl (C=O) groups is 2. The number of para-hydroxylation sites is 2. The van der Waals surface area contributed by atoms with E-state index in [4.69, 9.17) is 0 Å². The van der Waals surface area contributed by atoms with Gasteiger partial charge in [-0.25, -0.2) is 0 Å². The van der Waals surface area contributed by atoms with Gasteiger partial charge in [0.05, 0.1) is 0 Å². The lowest BCUT2D eigenvalue weighted by atomic mass is 10.0. The van der Waals surface area contributed by atoms with Crippen molar-refractivity contribution in [2.24, 2.45) is 0 Å². The van der Waals surface area contributed by atoms with Gasteiger partial charge < -0.3 is 10.6 Å². The Morgan fingerprint density at radius 2 is 1.56 bits per heavy atom. The van der Waals surface area contributed by atoms with E-state index in [0.717, 1.165) is 11.3 Å². The molecule has 0 aliphatic heterocycles. The van der Waals surface area contributed by atoms with Crippen LogP contribution < -0.4 is 10.6 Å². The molecule has 0 saturated heterocycles. The highest BCUT2D eigenvalue weighted by Gasteiger charge is 2.14. The van der Waals surface area contributed by atoms with Crippen molar-refractivity contribution in [3.63, 3.8) is 0 Å². The zero-order valence-electron chi connectivity index (χ0n) is 15.3. The van der Waals surface area contributed by atoms with Crippen molar-refractivity contribution >= 4 is 23.2 Å². The van der Waals surface area contributed by atoms with Crippen molar-refractivity contribution in [3.8, 4) is 0 Å². The Morgan fingerprint density at radius 1 is 0.852 bits per heavy atom. The molecule has 3 rings (SSSR count). The molecule has 0 spiro atoms. The van der Waals surface area contributed by atoms with Gasteiger partial charge in [-0.2, -0.15) is 0 Å². The monoisotopic (exact) mass is 359 g/mol. The van der Waals surface area contributed by atoms with Gasteiger partial charge in [0.2, 0.25) is 0 Å². The van der Waals surface area contributed by atoms with Gasteiger partial charge in [0.15, 0.2) is 0 Å². The highest BCUT2D eigenvalue weighted by Crippen LogP contribution is 2.24. The molecule has 0 fully saturated rings. The summed E-state index contributed by atoms with van der Waals surface area (Å²) >= 11 is 0. The van der Waals surface area contributed by atoms with E-state index in [-0.39, 0.29) is 23.4 Å². The fourth-order valence-corrected chi connectivity index (χ4v) is 2.72. The molecule has 3 aromatic rings. The van der Waals surface area contributed by atoms with Crippen molar-refractivity contribution < 1.29 is 9.59 Å². The average molecular weight is 359 g/mol. The first-order chi connectivity index (χ1) is 13.0. The second kappa shape index (κ2) is 8.27. The lowest BCUT2D eigenvalue weighted by Gasteiger charge is -2.13. The van der Waals surface area contributed by atoms with Crippen LogP contribution in [-0.2, 0) is 0 Å². The van der Waals surface area contributed by atoms with Crippen molar-refractivity contribution in [1.82, 2.24) is 4.98 Å². The lowest BCUT2D eigenvalue weighted by Crippen LogP contribution is -2.17. The molecule has 1 aromatic heterocycles. The van der Waals surface area contributed by atoms with E-state index in [1.54, 1.807) is 18.2 Å². The number of anilines is 2. The number of hydrogen-bond donors (Lipinski definition) is 2. The summed E-state index contributed by atoms with van der Waals surface area (Å²) in [6.07, 6.45) is 1.46. The van der Waals surface area contributed by atoms with Crippen LogP contribution in [0.3, 0.4) is 0 Å². The Balaban J connectivity index is 1.77. The number of nitrogens with one attached hydrogen (secondary N) is 2. The van der Waals surface area contributed by atoms with Crippen LogP contribution in [0.1, 0.15) is 46.2 Å². The van der Waals surface area contributed by atoms with E-state index in [1.165, 1.54) is 12.3 Å². The molecule has 136 valence electrons. The Kier molecular flexibility index (Phi) is 5.61. The lowest BCUT2D eigenvalue weighted by molar-refractivity contribution is 0.102. The predicted octanol–water partition coefficient (Wildman–Crippen LogP) is 4.71. The van der Waals surface area contributed by atoms with E-state index < -0.39 is 0 Å². The molecule has 2 aromatic carbocycles. The number of hydrogen-bond acceptors (Lipinski definition) is 3. The molecule has 5 heteroatoms. The minimum absolute atomic E-state index is 0.184. The van der Waals surface area contributed by atoms with E-state index >= 15 is 0 Å². The van der Waals surface area contributed by atoms with Gasteiger partial charge in [0.25, 0.3) is 11.8 Å². The summed E-state index contributed by atoms with van der Waals surface area (Å²) in [5.74, 6) is -0.358. The van der Waals surface area contributed by atoms with Crippen LogP contribution in [-0.4, -0.2) is 16.8 Å². The first-order valence-electron chi connectivity index (χ1n) is 8.77. The van der Waals surface area contributed by atoms with Crippen LogP contribution in [0.4, 0.5) is 11.4 Å². The van der Waals surface area contributed by atoms with Crippen molar-refractivity contribution in [2.45, 2.75) is 19.8 Å². The highest BCUT2D eigenvalue weighted by molar-refractivity contribution is 6.08. The van der Waals surface area contributed by atoms with Gasteiger partial charge in [0.1, 0.15) is 5.69 Å². The fourth-order valence-electron chi connectivity index (χ4n) is 2.72. The summed E-state index contributed by atoms with van der Waals surface area (Å²) in [6.45, 7) is 4.15. The van der Waals surface area contributed by atoms with E-state index in [9.17, 15) is 9.59 Å². The molecule has 0 bridgehead atoms. The summed E-state index contributed by atoms with van der Waals surface area (Å²) in [4.78, 5) is 29.1. The molecular formula is C22H21N3O2. The minimum atomic E-state index is -0.363. The summed E-state index contributed by atoms with van der Waals surface area (Å²) in [5.41, 5.74) is 3.06. The van der Waals surface area contributed by atoms with Crippen LogP contribution in [0.2, 0.25) is 0 Å². The van der Waals surface area contributed by atoms with Gasteiger partial charge in [-0.15, -0.1) is 0 Å². The van der Waals surface area contributed by atoms with Crippen molar-refractivity contribution in [3.05, 3.63) is 89.7 Å². The second-order valence-corrected chi connectivity index (χ2v) is 6.45. The number of benzene rings is 2. The fraction of sp³-hybridized carbons (Fsp3) is 0.136. The zero-order chi connectivity index (χ0) is 19.2. The van der Waals surface area contributed by atoms with Crippen LogP contribution >= 0.6 is 0 Å². The molecule has 1 heterocycles. The SMILES string of the molecule is CC(C)c1ccccc1NC(=O)c1ccnc(C(=O)Nc2ccccc2)c1. The molecule has 2 N–H and O–H groups in total. The first-order valence-corrected chi connectivity index (χ1v) is 8.77. The van der Waals surface area contributed by atoms with Crippen LogP contribution in [0.25, 0.3) is 0 Å². The second-order valence-electron chi connectivity index (χ2n) is 6.45. The van der Waals surface area contributed by atoms with Crippen molar-refractivity contribution in [1.29, 1.82) is 0 Å². The number of nitrogens with zero attached hydrogens (tertiary/aromatic N) is 1. The summed E-state index contributed by atoms with van der Waals surface area (Å²) in [7, 11) is 0. The molecule has 0 unspecified atom stereocenters. The number of aromatic nitrogens is 1. The van der Waals surface area contributed by atoms with Crippen LogP contribution in [0.5, 0.6) is 0 Å². The number of rotatable bonds is 5. The van der Waals surface area contributed by atoms with Gasteiger partial charge in [-0.3, -0.25) is 14.6 Å². The maximum Gasteiger partial charge on any atom is 0.274 e. The normalized spacial score (nSPS) is 10.5. The van der Waals surface area contributed by atoms with Crippen LogP contribution in [0, 0.1) is 0 Å². The molecule has 5 nitrogen and oxygen atoms in total. The van der Waals surface area contributed by atoms with Gasteiger partial charge in [0, 0.05) is 23.1 Å². The third-order valence-electron chi connectivity index (χ3n) is 4.12.